The maximum Gasteiger partial charge on any atom is 0.245 e. The standard InChI is InChI=1S/C25H36FN5O/c1-5-6-17-13-19(30(4)16(2)3)8-10-23(17)31-12-11-22(25(31)32)29-24-20-14-18(26)7-9-21(20)27-15-28-24/h7,9,14-17,19,22-23H,5-6,8,10-13H2,1-4H3,(H,27,28,29)/t17-,19-,22?,23+/m1/s1. The lowest BCUT2D eigenvalue weighted by molar-refractivity contribution is -0.132. The summed E-state index contributed by atoms with van der Waals surface area (Å²) >= 11 is 0. The largest absolute Gasteiger partial charge is 0.358 e. The molecule has 2 aliphatic rings. The highest BCUT2D eigenvalue weighted by Gasteiger charge is 2.42. The summed E-state index contributed by atoms with van der Waals surface area (Å²) in [7, 11) is 2.23. The lowest BCUT2D eigenvalue weighted by Crippen LogP contribution is -2.51. The average molecular weight is 442 g/mol. The number of nitrogens with one attached hydrogen (secondary N) is 1. The fraction of sp³-hybridized carbons (Fsp3) is 0.640. The number of likely N-dealkylation sites (tertiary alicyclic amines) is 1. The van der Waals surface area contributed by atoms with E-state index < -0.39 is 0 Å². The Labute approximate surface area is 190 Å². The predicted octanol–water partition coefficient (Wildman–Crippen LogP) is 4.46. The van der Waals surface area contributed by atoms with Crippen molar-refractivity contribution in [3.8, 4) is 0 Å². The van der Waals surface area contributed by atoms with Gasteiger partial charge in [-0.05, 0) is 77.1 Å². The van der Waals surface area contributed by atoms with E-state index in [-0.39, 0.29) is 17.8 Å². The summed E-state index contributed by atoms with van der Waals surface area (Å²) in [4.78, 5) is 26.6. The smallest absolute Gasteiger partial charge is 0.245 e. The fourth-order valence-corrected chi connectivity index (χ4v) is 5.58. The molecule has 174 valence electrons. The van der Waals surface area contributed by atoms with Gasteiger partial charge in [0.25, 0.3) is 0 Å². The van der Waals surface area contributed by atoms with E-state index in [1.807, 2.05) is 0 Å². The number of amides is 1. The molecule has 1 amide bonds. The number of fused-ring (bicyclic) bond motifs is 1. The van der Waals surface area contributed by atoms with Crippen LogP contribution in [0.2, 0.25) is 0 Å². The molecular formula is C25H36FN5O. The topological polar surface area (TPSA) is 61.4 Å². The first-order valence-corrected chi connectivity index (χ1v) is 12.1. The lowest BCUT2D eigenvalue weighted by atomic mass is 9.77. The van der Waals surface area contributed by atoms with Crippen LogP contribution in [0.1, 0.15) is 59.3 Å². The summed E-state index contributed by atoms with van der Waals surface area (Å²) in [5.74, 6) is 0.883. The molecule has 7 heteroatoms. The van der Waals surface area contributed by atoms with Crippen molar-refractivity contribution in [1.29, 1.82) is 0 Å². The summed E-state index contributed by atoms with van der Waals surface area (Å²) in [6.07, 6.45) is 7.86. The molecule has 1 saturated carbocycles. The van der Waals surface area contributed by atoms with E-state index in [0.29, 0.717) is 40.8 Å². The molecule has 1 aliphatic heterocycles. The summed E-state index contributed by atoms with van der Waals surface area (Å²) in [6, 6.07) is 5.58. The van der Waals surface area contributed by atoms with Crippen LogP contribution in [0.3, 0.4) is 0 Å². The molecule has 2 heterocycles. The maximum absolute atomic E-state index is 13.8. The number of hydrogen-bond acceptors (Lipinski definition) is 5. The second-order valence-corrected chi connectivity index (χ2v) is 9.74. The minimum atomic E-state index is -0.333. The van der Waals surface area contributed by atoms with E-state index in [4.69, 9.17) is 0 Å². The summed E-state index contributed by atoms with van der Waals surface area (Å²) in [5.41, 5.74) is 0.668. The molecule has 1 unspecified atom stereocenters. The van der Waals surface area contributed by atoms with Gasteiger partial charge >= 0.3 is 0 Å². The number of rotatable bonds is 7. The minimum absolute atomic E-state index is 0.148. The van der Waals surface area contributed by atoms with Crippen molar-refractivity contribution in [2.75, 3.05) is 18.9 Å². The second-order valence-electron chi connectivity index (χ2n) is 9.74. The van der Waals surface area contributed by atoms with Gasteiger partial charge in [0.2, 0.25) is 5.91 Å². The number of anilines is 1. The van der Waals surface area contributed by atoms with Gasteiger partial charge in [0.05, 0.1) is 5.52 Å². The average Bonchev–Trinajstić information content (AvgIpc) is 3.13. The van der Waals surface area contributed by atoms with E-state index in [1.54, 1.807) is 6.07 Å². The molecule has 1 saturated heterocycles. The van der Waals surface area contributed by atoms with Crippen LogP contribution in [0.15, 0.2) is 24.5 Å². The molecule has 2 aromatic rings. The quantitative estimate of drug-likeness (QED) is 0.687. The predicted molar refractivity (Wildman–Crippen MR) is 126 cm³/mol. The van der Waals surface area contributed by atoms with Crippen LogP contribution < -0.4 is 5.32 Å². The first-order valence-electron chi connectivity index (χ1n) is 12.1. The number of aromatic nitrogens is 2. The van der Waals surface area contributed by atoms with Crippen molar-refractivity contribution in [3.05, 3.63) is 30.3 Å². The first-order chi connectivity index (χ1) is 15.4. The second kappa shape index (κ2) is 9.69. The number of carbonyl (C=O) groups is 1. The van der Waals surface area contributed by atoms with Gasteiger partial charge in [-0.2, -0.15) is 0 Å². The van der Waals surface area contributed by atoms with Gasteiger partial charge in [0, 0.05) is 30.1 Å². The van der Waals surface area contributed by atoms with Gasteiger partial charge in [-0.15, -0.1) is 0 Å². The number of carbonyl (C=O) groups excluding carboxylic acids is 1. The van der Waals surface area contributed by atoms with Crippen LogP contribution in [-0.4, -0.2) is 63.4 Å². The highest BCUT2D eigenvalue weighted by molar-refractivity contribution is 5.93. The summed E-state index contributed by atoms with van der Waals surface area (Å²) in [6.45, 7) is 7.51. The van der Waals surface area contributed by atoms with Crippen molar-refractivity contribution in [2.45, 2.75) is 83.5 Å². The number of halogens is 1. The molecule has 0 radical (unpaired) electrons. The van der Waals surface area contributed by atoms with Crippen molar-refractivity contribution in [3.63, 3.8) is 0 Å². The molecule has 2 fully saturated rings. The van der Waals surface area contributed by atoms with E-state index in [1.165, 1.54) is 18.5 Å². The molecule has 4 rings (SSSR count). The summed E-state index contributed by atoms with van der Waals surface area (Å²) in [5, 5.41) is 3.91. The van der Waals surface area contributed by atoms with Crippen LogP contribution in [0.4, 0.5) is 10.2 Å². The minimum Gasteiger partial charge on any atom is -0.358 e. The molecule has 0 spiro atoms. The van der Waals surface area contributed by atoms with Gasteiger partial charge in [0.15, 0.2) is 0 Å². The van der Waals surface area contributed by atoms with Crippen LogP contribution in [0.25, 0.3) is 10.9 Å². The third kappa shape index (κ3) is 4.58. The highest BCUT2D eigenvalue weighted by Crippen LogP contribution is 2.36. The van der Waals surface area contributed by atoms with E-state index in [2.05, 4.69) is 52.9 Å². The number of nitrogens with zero attached hydrogens (tertiary/aromatic N) is 4. The molecular weight excluding hydrogens is 405 g/mol. The van der Waals surface area contributed by atoms with Crippen LogP contribution in [0, 0.1) is 11.7 Å². The molecule has 0 bridgehead atoms. The maximum atomic E-state index is 13.8. The Kier molecular flexibility index (Phi) is 6.93. The Hall–Kier alpha value is -2.28. The van der Waals surface area contributed by atoms with Crippen LogP contribution in [-0.2, 0) is 4.79 Å². The lowest BCUT2D eigenvalue weighted by Gasteiger charge is -2.44. The van der Waals surface area contributed by atoms with E-state index in [9.17, 15) is 9.18 Å². The Bertz CT molecular complexity index is 951. The van der Waals surface area contributed by atoms with Gasteiger partial charge in [-0.1, -0.05) is 13.3 Å². The monoisotopic (exact) mass is 441 g/mol. The van der Waals surface area contributed by atoms with Crippen molar-refractivity contribution in [1.82, 2.24) is 19.8 Å². The molecule has 1 aromatic heterocycles. The number of benzene rings is 1. The van der Waals surface area contributed by atoms with Gasteiger partial charge < -0.3 is 15.1 Å². The van der Waals surface area contributed by atoms with Crippen molar-refractivity contribution >= 4 is 22.6 Å². The Morgan fingerprint density at radius 2 is 2.06 bits per heavy atom. The van der Waals surface area contributed by atoms with Gasteiger partial charge in [-0.3, -0.25) is 4.79 Å². The zero-order chi connectivity index (χ0) is 22.8. The van der Waals surface area contributed by atoms with Crippen molar-refractivity contribution < 1.29 is 9.18 Å². The van der Waals surface area contributed by atoms with E-state index in [0.717, 1.165) is 45.1 Å². The van der Waals surface area contributed by atoms with Crippen molar-refractivity contribution in [2.24, 2.45) is 5.92 Å². The Balaban J connectivity index is 1.48. The first kappa shape index (κ1) is 22.9. The third-order valence-electron chi connectivity index (χ3n) is 7.51. The van der Waals surface area contributed by atoms with Gasteiger partial charge in [0.1, 0.15) is 24.0 Å². The van der Waals surface area contributed by atoms with Gasteiger partial charge in [-0.25, -0.2) is 14.4 Å². The Morgan fingerprint density at radius 1 is 1.25 bits per heavy atom. The highest BCUT2D eigenvalue weighted by atomic mass is 19.1. The molecule has 32 heavy (non-hydrogen) atoms. The normalized spacial score (nSPS) is 26.5. The van der Waals surface area contributed by atoms with Crippen LogP contribution in [0.5, 0.6) is 0 Å². The fourth-order valence-electron chi connectivity index (χ4n) is 5.58. The third-order valence-corrected chi connectivity index (χ3v) is 7.51. The summed E-state index contributed by atoms with van der Waals surface area (Å²) < 4.78 is 13.8. The Morgan fingerprint density at radius 3 is 2.81 bits per heavy atom. The zero-order valence-corrected chi connectivity index (χ0v) is 19.7. The molecule has 1 aliphatic carbocycles. The molecule has 4 atom stereocenters. The SMILES string of the molecule is CCC[C@@H]1C[C@H](N(C)C(C)C)CC[C@@H]1N1CCC(Nc2ncnc3ccc(F)cc23)C1=O. The molecule has 6 nitrogen and oxygen atoms in total. The number of hydrogen-bond donors (Lipinski definition) is 1. The molecule has 1 N–H and O–H groups in total. The van der Waals surface area contributed by atoms with Crippen LogP contribution >= 0.6 is 0 Å². The zero-order valence-electron chi connectivity index (χ0n) is 19.7. The molecule has 1 aromatic carbocycles. The van der Waals surface area contributed by atoms with E-state index >= 15 is 0 Å².